The van der Waals surface area contributed by atoms with E-state index in [1.165, 1.54) is 0 Å². The van der Waals surface area contributed by atoms with E-state index in [-0.39, 0.29) is 22.9 Å². The molecule has 2 aromatic carbocycles. The molecule has 29 heavy (non-hydrogen) atoms. The number of methoxy groups -OCH3 is 2. The molecular weight excluding hydrogens is 414 g/mol. The summed E-state index contributed by atoms with van der Waals surface area (Å²) >= 11 is 0. The molecule has 1 N–H and O–H groups in total. The van der Waals surface area contributed by atoms with Crippen LogP contribution in [0.5, 0.6) is 28.7 Å². The lowest BCUT2D eigenvalue weighted by molar-refractivity contribution is -0.276. The lowest BCUT2D eigenvalue weighted by atomic mass is 10.2. The molecule has 0 aromatic heterocycles. The van der Waals surface area contributed by atoms with Gasteiger partial charge in [-0.3, -0.25) is 0 Å². The normalized spacial score (nSPS) is 12.1. The number of ether oxygens (including phenoxy) is 4. The van der Waals surface area contributed by atoms with Crippen molar-refractivity contribution in [2.45, 2.75) is 12.7 Å². The molecule has 0 fully saturated rings. The summed E-state index contributed by atoms with van der Waals surface area (Å²) in [5.74, 6) is -3.12. The Labute approximate surface area is 159 Å². The van der Waals surface area contributed by atoms with Crippen molar-refractivity contribution in [3.8, 4) is 28.7 Å². The first kappa shape index (κ1) is 21.9. The van der Waals surface area contributed by atoms with Gasteiger partial charge in [0.1, 0.15) is 0 Å². The molecule has 0 saturated carbocycles. The second-order valence-corrected chi connectivity index (χ2v) is 5.13. The van der Waals surface area contributed by atoms with Crippen molar-refractivity contribution in [2.24, 2.45) is 10.2 Å². The zero-order valence-corrected chi connectivity index (χ0v) is 14.6. The van der Waals surface area contributed by atoms with Crippen molar-refractivity contribution < 1.29 is 50.4 Å². The summed E-state index contributed by atoms with van der Waals surface area (Å²) in [6.45, 7) is 0. The van der Waals surface area contributed by atoms with Crippen LogP contribution in [-0.4, -0.2) is 32.1 Å². The minimum Gasteiger partial charge on any atom is -0.504 e. The number of aromatic hydroxyl groups is 1. The van der Waals surface area contributed by atoms with E-state index in [4.69, 9.17) is 9.47 Å². The lowest BCUT2D eigenvalue weighted by Crippen LogP contribution is -2.18. The van der Waals surface area contributed by atoms with Crippen LogP contribution in [0.25, 0.3) is 0 Å². The van der Waals surface area contributed by atoms with Crippen LogP contribution in [0.1, 0.15) is 0 Å². The highest BCUT2D eigenvalue weighted by atomic mass is 19.4. The largest absolute Gasteiger partial charge is 0.573 e. The molecular formula is C16H12F6N2O5. The topological polar surface area (TPSA) is 81.9 Å². The maximum absolute atomic E-state index is 12.5. The predicted octanol–water partition coefficient (Wildman–Crippen LogP) is 5.62. The van der Waals surface area contributed by atoms with E-state index in [0.29, 0.717) is 0 Å². The maximum Gasteiger partial charge on any atom is 0.573 e. The lowest BCUT2D eigenvalue weighted by Gasteiger charge is -2.16. The third kappa shape index (κ3) is 6.33. The molecule has 0 atom stereocenters. The fourth-order valence-electron chi connectivity index (χ4n) is 2.03. The van der Waals surface area contributed by atoms with Crippen LogP contribution >= 0.6 is 0 Å². The molecule has 0 aliphatic rings. The third-order valence-electron chi connectivity index (χ3n) is 3.11. The summed E-state index contributed by atoms with van der Waals surface area (Å²) in [4.78, 5) is 0. The molecule has 0 radical (unpaired) electrons. The van der Waals surface area contributed by atoms with Crippen molar-refractivity contribution in [3.63, 3.8) is 0 Å². The van der Waals surface area contributed by atoms with Crippen molar-refractivity contribution in [1.29, 1.82) is 0 Å². The van der Waals surface area contributed by atoms with Crippen molar-refractivity contribution in [1.82, 2.24) is 0 Å². The van der Waals surface area contributed by atoms with Gasteiger partial charge in [0.15, 0.2) is 23.0 Å². The van der Waals surface area contributed by atoms with Crippen LogP contribution < -0.4 is 18.9 Å². The van der Waals surface area contributed by atoms with Crippen LogP contribution in [0.15, 0.2) is 40.6 Å². The van der Waals surface area contributed by atoms with Crippen LogP contribution in [0.3, 0.4) is 0 Å². The molecule has 0 heterocycles. The van der Waals surface area contributed by atoms with E-state index < -0.39 is 30.0 Å². The number of alkyl halides is 6. The van der Waals surface area contributed by atoms with E-state index in [1.54, 1.807) is 0 Å². The highest BCUT2D eigenvalue weighted by molar-refractivity contribution is 5.60. The third-order valence-corrected chi connectivity index (χ3v) is 3.11. The van der Waals surface area contributed by atoms with Crippen molar-refractivity contribution >= 4 is 11.4 Å². The van der Waals surface area contributed by atoms with Gasteiger partial charge in [-0.2, -0.15) is 10.2 Å². The van der Waals surface area contributed by atoms with Gasteiger partial charge in [0, 0.05) is 18.2 Å². The van der Waals surface area contributed by atoms with Gasteiger partial charge in [0.25, 0.3) is 0 Å². The van der Waals surface area contributed by atoms with E-state index in [1.807, 2.05) is 0 Å². The summed E-state index contributed by atoms with van der Waals surface area (Å²) in [5, 5.41) is 17.0. The number of phenolic OH excluding ortho intramolecular Hbond substituents is 1. The molecule has 2 rings (SSSR count). The summed E-state index contributed by atoms with van der Waals surface area (Å²) in [6, 6.07) is 4.86. The average molecular weight is 426 g/mol. The Kier molecular flexibility index (Phi) is 6.29. The first-order valence-electron chi connectivity index (χ1n) is 7.44. The molecule has 7 nitrogen and oxygen atoms in total. The van der Waals surface area contributed by atoms with E-state index in [0.717, 1.165) is 44.6 Å². The van der Waals surface area contributed by atoms with Gasteiger partial charge in [-0.05, 0) is 12.1 Å². The van der Waals surface area contributed by atoms with E-state index in [2.05, 4.69) is 19.7 Å². The number of rotatable bonds is 6. The monoisotopic (exact) mass is 426 g/mol. The van der Waals surface area contributed by atoms with Crippen molar-refractivity contribution in [2.75, 3.05) is 14.2 Å². The second kappa shape index (κ2) is 8.32. The Morgan fingerprint density at radius 2 is 1.24 bits per heavy atom. The molecule has 0 aliphatic heterocycles. The average Bonchev–Trinajstić information content (AvgIpc) is 2.60. The van der Waals surface area contributed by atoms with E-state index >= 15 is 0 Å². The smallest absolute Gasteiger partial charge is 0.504 e. The van der Waals surface area contributed by atoms with Crippen LogP contribution in [-0.2, 0) is 0 Å². The maximum atomic E-state index is 12.5. The van der Waals surface area contributed by atoms with Gasteiger partial charge in [0.2, 0.25) is 5.75 Å². The minimum atomic E-state index is -5.00. The Morgan fingerprint density at radius 1 is 0.724 bits per heavy atom. The summed E-state index contributed by atoms with van der Waals surface area (Å²) < 4.78 is 91.3. The number of hydrogen-bond acceptors (Lipinski definition) is 7. The molecule has 0 aliphatic carbocycles. The van der Waals surface area contributed by atoms with Crippen LogP contribution in [0.4, 0.5) is 37.7 Å². The minimum absolute atomic E-state index is 0.0247. The predicted molar refractivity (Wildman–Crippen MR) is 85.2 cm³/mol. The molecule has 2 aromatic rings. The van der Waals surface area contributed by atoms with E-state index in [9.17, 15) is 31.4 Å². The van der Waals surface area contributed by atoms with Gasteiger partial charge < -0.3 is 24.1 Å². The number of azo groups is 1. The van der Waals surface area contributed by atoms with Gasteiger partial charge >= 0.3 is 12.7 Å². The number of phenols is 1. The summed E-state index contributed by atoms with van der Waals surface area (Å²) in [6.07, 6.45) is -9.99. The SMILES string of the molecule is COc1cc(/N=N/c2ccc(OC(F)(F)F)c(O)c2)cc(OC)c1OC(F)(F)F. The highest BCUT2D eigenvalue weighted by Crippen LogP contribution is 2.44. The Bertz CT molecular complexity index is 873. The molecule has 0 amide bonds. The Balaban J connectivity index is 2.32. The fraction of sp³-hybridized carbons (Fsp3) is 0.250. The molecule has 0 bridgehead atoms. The zero-order chi connectivity index (χ0) is 21.8. The molecule has 0 spiro atoms. The Hall–Kier alpha value is -3.38. The second-order valence-electron chi connectivity index (χ2n) is 5.13. The molecule has 0 unspecified atom stereocenters. The van der Waals surface area contributed by atoms with Crippen LogP contribution in [0, 0.1) is 0 Å². The van der Waals surface area contributed by atoms with Gasteiger partial charge in [-0.25, -0.2) is 0 Å². The first-order chi connectivity index (χ1) is 13.4. The number of nitrogens with zero attached hydrogens (tertiary/aromatic N) is 2. The fourth-order valence-corrected chi connectivity index (χ4v) is 2.03. The van der Waals surface area contributed by atoms with Gasteiger partial charge in [-0.1, -0.05) is 0 Å². The molecule has 158 valence electrons. The van der Waals surface area contributed by atoms with Crippen molar-refractivity contribution in [3.05, 3.63) is 30.3 Å². The molecule has 13 heteroatoms. The summed E-state index contributed by atoms with van der Waals surface area (Å²) in [5.41, 5.74) is -0.0890. The van der Waals surface area contributed by atoms with Gasteiger partial charge in [-0.15, -0.1) is 26.3 Å². The first-order valence-corrected chi connectivity index (χ1v) is 7.44. The number of hydrogen-bond donors (Lipinski definition) is 1. The summed E-state index contributed by atoms with van der Waals surface area (Å²) in [7, 11) is 2.19. The highest BCUT2D eigenvalue weighted by Gasteiger charge is 2.34. The quantitative estimate of drug-likeness (QED) is 0.479. The van der Waals surface area contributed by atoms with Gasteiger partial charge in [0.05, 0.1) is 25.6 Å². The number of benzene rings is 2. The van der Waals surface area contributed by atoms with Crippen LogP contribution in [0.2, 0.25) is 0 Å². The standard InChI is InChI=1S/C16H12F6N2O5/c1-26-12-6-9(7-13(27-2)14(12)29-16(20,21)22)24-23-8-3-4-11(10(25)5-8)28-15(17,18)19/h3-7,25H,1-2H3/b24-23+. The number of halogens is 6. The zero-order valence-electron chi connectivity index (χ0n) is 14.6. The Morgan fingerprint density at radius 3 is 1.69 bits per heavy atom. The molecule has 0 saturated heterocycles.